The third-order valence-corrected chi connectivity index (χ3v) is 7.19. The van der Waals surface area contributed by atoms with Crippen molar-refractivity contribution in [3.05, 3.63) is 60.8 Å². The first-order valence-electron chi connectivity index (χ1n) is 10.3. The molecule has 0 amide bonds. The van der Waals surface area contributed by atoms with Crippen LogP contribution < -0.4 is 14.2 Å². The number of benzene rings is 3. The quantitative estimate of drug-likeness (QED) is 0.389. The summed E-state index contributed by atoms with van der Waals surface area (Å²) in [7, 11) is 1.42. The molecule has 0 aliphatic rings. The fourth-order valence-corrected chi connectivity index (χ4v) is 4.53. The summed E-state index contributed by atoms with van der Waals surface area (Å²) in [4.78, 5) is 9.78. The minimum Gasteiger partial charge on any atom is -0.493 e. The summed E-state index contributed by atoms with van der Waals surface area (Å²) in [5.41, 5.74) is 4.54. The number of rotatable bonds is 7. The van der Waals surface area contributed by atoms with E-state index in [1.807, 2.05) is 30.3 Å². The molecular weight excluding hydrogens is 440 g/mol. The zero-order valence-corrected chi connectivity index (χ0v) is 19.6. The van der Waals surface area contributed by atoms with Crippen LogP contribution in [0, 0.1) is 0 Å². The minimum atomic E-state index is -3.26. The molecule has 4 rings (SSSR count). The number of fused-ring (bicyclic) bond motifs is 1. The van der Waals surface area contributed by atoms with Crippen molar-refractivity contribution in [1.29, 1.82) is 0 Å². The fourth-order valence-electron chi connectivity index (χ4n) is 3.64. The van der Waals surface area contributed by atoms with Gasteiger partial charge in [-0.25, -0.2) is 13.4 Å². The molecule has 0 bridgehead atoms. The molecule has 1 heterocycles. The van der Waals surface area contributed by atoms with Gasteiger partial charge in [0, 0.05) is 11.1 Å². The second kappa shape index (κ2) is 9.07. The van der Waals surface area contributed by atoms with Gasteiger partial charge >= 0.3 is 0 Å². The molecule has 33 heavy (non-hydrogen) atoms. The molecule has 8 heteroatoms. The van der Waals surface area contributed by atoms with Crippen molar-refractivity contribution in [3.63, 3.8) is 0 Å². The van der Waals surface area contributed by atoms with E-state index in [4.69, 9.17) is 19.2 Å². The summed E-state index contributed by atoms with van der Waals surface area (Å²) in [6.07, 6.45) is 1.70. The van der Waals surface area contributed by atoms with Crippen LogP contribution in [0.2, 0.25) is 0 Å². The molecule has 0 radical (unpaired) electrons. The van der Waals surface area contributed by atoms with Gasteiger partial charge in [0.15, 0.2) is 21.3 Å². The number of hydrogen-bond donors (Lipinski definition) is 0. The van der Waals surface area contributed by atoms with Crippen molar-refractivity contribution >= 4 is 20.9 Å². The molecule has 0 N–H and O–H groups in total. The zero-order valence-electron chi connectivity index (χ0n) is 18.8. The topological polar surface area (TPSA) is 87.6 Å². The van der Waals surface area contributed by atoms with E-state index >= 15 is 0 Å². The fraction of sp³-hybridized carbons (Fsp3) is 0.200. The molecule has 0 saturated carbocycles. The molecular formula is C25H24N2O5S. The molecule has 4 aromatic rings. The van der Waals surface area contributed by atoms with Crippen LogP contribution >= 0.6 is 0 Å². The highest BCUT2D eigenvalue weighted by Gasteiger charge is 2.17. The van der Waals surface area contributed by atoms with Gasteiger partial charge in [-0.1, -0.05) is 31.2 Å². The van der Waals surface area contributed by atoms with Crippen molar-refractivity contribution < 1.29 is 22.6 Å². The summed E-state index contributed by atoms with van der Waals surface area (Å²) in [5, 5.41) is 0. The van der Waals surface area contributed by atoms with Crippen molar-refractivity contribution in [3.8, 4) is 39.6 Å². The number of ether oxygens (including phenoxy) is 3. The molecule has 7 nitrogen and oxygen atoms in total. The predicted molar refractivity (Wildman–Crippen MR) is 128 cm³/mol. The van der Waals surface area contributed by atoms with E-state index in [0.29, 0.717) is 33.4 Å². The van der Waals surface area contributed by atoms with Crippen LogP contribution in [0.5, 0.6) is 17.2 Å². The lowest BCUT2D eigenvalue weighted by Crippen LogP contribution is -2.03. The first-order valence-corrected chi connectivity index (χ1v) is 12.0. The van der Waals surface area contributed by atoms with Gasteiger partial charge in [0.05, 0.1) is 54.9 Å². The van der Waals surface area contributed by atoms with E-state index in [-0.39, 0.29) is 5.75 Å². The van der Waals surface area contributed by atoms with Crippen LogP contribution in [0.1, 0.15) is 6.92 Å². The van der Waals surface area contributed by atoms with Crippen molar-refractivity contribution in [2.24, 2.45) is 0 Å². The predicted octanol–water partition coefficient (Wildman–Crippen LogP) is 4.78. The molecule has 0 aliphatic carbocycles. The Morgan fingerprint density at radius 1 is 0.848 bits per heavy atom. The van der Waals surface area contributed by atoms with Gasteiger partial charge in [0.1, 0.15) is 0 Å². The van der Waals surface area contributed by atoms with Crippen LogP contribution in [-0.2, 0) is 9.84 Å². The second-order valence-corrected chi connectivity index (χ2v) is 9.55. The van der Waals surface area contributed by atoms with Crippen LogP contribution in [0.3, 0.4) is 0 Å². The average Bonchev–Trinajstić information content (AvgIpc) is 2.87. The molecule has 0 atom stereocenters. The smallest absolute Gasteiger partial charge is 0.203 e. The highest BCUT2D eigenvalue weighted by Crippen LogP contribution is 2.41. The van der Waals surface area contributed by atoms with Gasteiger partial charge in [0.2, 0.25) is 5.75 Å². The third kappa shape index (κ3) is 4.21. The first kappa shape index (κ1) is 22.5. The first-order chi connectivity index (χ1) is 15.9. The standard InChI is InChI=1S/C25H24N2O5S/c1-5-33(28,29)18-11-9-16(10-12-18)19-7-6-8-20-24(19)27-21(15-26-20)17-13-22(30-2)25(32-4)23(14-17)31-3/h6-15H,5H2,1-4H3. The highest BCUT2D eigenvalue weighted by atomic mass is 32.2. The molecule has 0 saturated heterocycles. The number of nitrogens with zero attached hydrogens (tertiary/aromatic N) is 2. The average molecular weight is 465 g/mol. The SMILES string of the molecule is CCS(=O)(=O)c1ccc(-c2cccc3ncc(-c4cc(OC)c(OC)c(OC)c4)nc23)cc1. The van der Waals surface area contributed by atoms with E-state index in [1.54, 1.807) is 58.7 Å². The zero-order chi connectivity index (χ0) is 23.6. The summed E-state index contributed by atoms with van der Waals surface area (Å²) < 4.78 is 40.7. The maximum atomic E-state index is 12.2. The molecule has 1 aromatic heterocycles. The van der Waals surface area contributed by atoms with E-state index in [0.717, 1.165) is 22.2 Å². The molecule has 0 unspecified atom stereocenters. The summed E-state index contributed by atoms with van der Waals surface area (Å²) in [5.74, 6) is 1.61. The summed E-state index contributed by atoms with van der Waals surface area (Å²) >= 11 is 0. The van der Waals surface area contributed by atoms with Crippen LogP contribution in [0.4, 0.5) is 0 Å². The normalized spacial score (nSPS) is 11.4. The largest absolute Gasteiger partial charge is 0.493 e. The van der Waals surface area contributed by atoms with Crippen molar-refractivity contribution in [2.45, 2.75) is 11.8 Å². The lowest BCUT2D eigenvalue weighted by molar-refractivity contribution is 0.324. The lowest BCUT2D eigenvalue weighted by Gasteiger charge is -2.14. The van der Waals surface area contributed by atoms with Crippen molar-refractivity contribution in [2.75, 3.05) is 27.1 Å². The monoisotopic (exact) mass is 464 g/mol. The van der Waals surface area contributed by atoms with Crippen molar-refractivity contribution in [1.82, 2.24) is 9.97 Å². The van der Waals surface area contributed by atoms with Gasteiger partial charge in [-0.3, -0.25) is 4.98 Å². The van der Waals surface area contributed by atoms with Gasteiger partial charge in [0.25, 0.3) is 0 Å². The number of para-hydroxylation sites is 1. The van der Waals surface area contributed by atoms with Gasteiger partial charge in [-0.15, -0.1) is 0 Å². The van der Waals surface area contributed by atoms with Crippen LogP contribution in [0.25, 0.3) is 33.4 Å². The molecule has 3 aromatic carbocycles. The maximum absolute atomic E-state index is 12.2. The van der Waals surface area contributed by atoms with Gasteiger partial charge in [-0.2, -0.15) is 0 Å². The van der Waals surface area contributed by atoms with E-state index in [9.17, 15) is 8.42 Å². The summed E-state index contributed by atoms with van der Waals surface area (Å²) in [6, 6.07) is 16.2. The minimum absolute atomic E-state index is 0.0598. The Hall–Kier alpha value is -3.65. The Labute approximate surface area is 192 Å². The number of sulfone groups is 1. The Kier molecular flexibility index (Phi) is 6.20. The number of methoxy groups -OCH3 is 3. The second-order valence-electron chi connectivity index (χ2n) is 7.27. The Morgan fingerprint density at radius 2 is 1.52 bits per heavy atom. The lowest BCUT2D eigenvalue weighted by atomic mass is 10.0. The van der Waals surface area contributed by atoms with Gasteiger partial charge < -0.3 is 14.2 Å². The molecule has 0 aliphatic heterocycles. The van der Waals surface area contributed by atoms with Gasteiger partial charge in [-0.05, 0) is 35.9 Å². The van der Waals surface area contributed by atoms with Crippen LogP contribution in [-0.4, -0.2) is 45.5 Å². The Morgan fingerprint density at radius 3 is 2.09 bits per heavy atom. The molecule has 0 spiro atoms. The van der Waals surface area contributed by atoms with E-state index < -0.39 is 9.84 Å². The van der Waals surface area contributed by atoms with E-state index in [1.165, 1.54) is 0 Å². The highest BCUT2D eigenvalue weighted by molar-refractivity contribution is 7.91. The summed E-state index contributed by atoms with van der Waals surface area (Å²) in [6.45, 7) is 1.63. The van der Waals surface area contributed by atoms with E-state index in [2.05, 4.69) is 4.98 Å². The molecule has 0 fully saturated rings. The number of aromatic nitrogens is 2. The van der Waals surface area contributed by atoms with Crippen LogP contribution in [0.15, 0.2) is 65.7 Å². The maximum Gasteiger partial charge on any atom is 0.203 e. The number of hydrogen-bond acceptors (Lipinski definition) is 7. The third-order valence-electron chi connectivity index (χ3n) is 5.44. The molecule has 170 valence electrons. The Balaban J connectivity index is 1.85. The Bertz CT molecular complexity index is 1390.